The van der Waals surface area contributed by atoms with Crippen molar-refractivity contribution in [2.45, 2.75) is 0 Å². The Morgan fingerprint density at radius 1 is 0.889 bits per heavy atom. The summed E-state index contributed by atoms with van der Waals surface area (Å²) < 4.78 is 5.54. The van der Waals surface area contributed by atoms with Crippen molar-refractivity contribution in [3.8, 4) is 5.75 Å². The van der Waals surface area contributed by atoms with Gasteiger partial charge in [0.1, 0.15) is 5.75 Å². The molecule has 0 saturated heterocycles. The molecule has 0 fully saturated rings. The number of ether oxygens (including phenoxy) is 1. The van der Waals surface area contributed by atoms with Gasteiger partial charge in [0, 0.05) is 5.39 Å². The Hall–Kier alpha value is -2.48. The van der Waals surface area contributed by atoms with Gasteiger partial charge in [-0.05, 0) is 23.6 Å². The van der Waals surface area contributed by atoms with Crippen LogP contribution in [0.4, 0.5) is 0 Å². The predicted molar refractivity (Wildman–Crippen MR) is 72.5 cm³/mol. The lowest BCUT2D eigenvalue weighted by Crippen LogP contribution is -1.97. The van der Waals surface area contributed by atoms with E-state index in [4.69, 9.17) is 4.74 Å². The van der Waals surface area contributed by atoms with Crippen LogP contribution in [0.15, 0.2) is 78.3 Å². The summed E-state index contributed by atoms with van der Waals surface area (Å²) >= 11 is 0. The van der Waals surface area contributed by atoms with Gasteiger partial charge in [0.2, 0.25) is 0 Å². The number of aliphatic hydroxyl groups excluding tert-OH is 1. The van der Waals surface area contributed by atoms with Gasteiger partial charge in [-0.1, -0.05) is 48.6 Å². The molecule has 1 aliphatic rings. The van der Waals surface area contributed by atoms with Crippen LogP contribution in [0.1, 0.15) is 0 Å². The maximum atomic E-state index is 9.92. The highest BCUT2D eigenvalue weighted by Crippen LogP contribution is 2.27. The van der Waals surface area contributed by atoms with Crippen LogP contribution in [0, 0.1) is 0 Å². The van der Waals surface area contributed by atoms with E-state index >= 15 is 0 Å². The van der Waals surface area contributed by atoms with E-state index in [1.807, 2.05) is 54.6 Å². The van der Waals surface area contributed by atoms with E-state index < -0.39 is 0 Å². The summed E-state index contributed by atoms with van der Waals surface area (Å²) in [5.41, 5.74) is 0.683. The van der Waals surface area contributed by atoms with Gasteiger partial charge in [-0.15, -0.1) is 0 Å². The third-order valence-corrected chi connectivity index (χ3v) is 2.87. The van der Waals surface area contributed by atoms with Crippen molar-refractivity contribution in [3.05, 3.63) is 78.3 Å². The number of benzene rings is 2. The second-order valence-corrected chi connectivity index (χ2v) is 4.06. The van der Waals surface area contributed by atoms with Crippen LogP contribution < -0.4 is 4.74 Å². The molecule has 0 heterocycles. The molecule has 88 valence electrons. The van der Waals surface area contributed by atoms with Gasteiger partial charge in [-0.25, -0.2) is 0 Å². The van der Waals surface area contributed by atoms with Gasteiger partial charge in [0.15, 0.2) is 0 Å². The number of rotatable bonds is 2. The van der Waals surface area contributed by atoms with Crippen LogP contribution >= 0.6 is 0 Å². The molecule has 0 saturated carbocycles. The van der Waals surface area contributed by atoms with Crippen molar-refractivity contribution in [1.82, 2.24) is 0 Å². The molecule has 0 radical (unpaired) electrons. The zero-order valence-corrected chi connectivity index (χ0v) is 9.71. The largest absolute Gasteiger partial charge is 0.480 e. The minimum atomic E-state index is -0.0728. The van der Waals surface area contributed by atoms with Gasteiger partial charge in [0.25, 0.3) is 5.95 Å². The van der Waals surface area contributed by atoms with E-state index in [9.17, 15) is 5.11 Å². The fourth-order valence-electron chi connectivity index (χ4n) is 1.96. The molecule has 1 N–H and O–H groups in total. The van der Waals surface area contributed by atoms with Gasteiger partial charge in [-0.3, -0.25) is 0 Å². The molecule has 3 rings (SSSR count). The average molecular weight is 236 g/mol. The van der Waals surface area contributed by atoms with Crippen LogP contribution in [-0.2, 0) is 0 Å². The minimum absolute atomic E-state index is 0.0728. The third-order valence-electron chi connectivity index (χ3n) is 2.87. The lowest BCUT2D eigenvalue weighted by Gasteiger charge is -2.08. The van der Waals surface area contributed by atoms with E-state index in [1.165, 1.54) is 0 Å². The Bertz CT molecular complexity index is 659. The quantitative estimate of drug-likeness (QED) is 0.795. The molecule has 0 unspecified atom stereocenters. The first-order valence-electron chi connectivity index (χ1n) is 5.78. The van der Waals surface area contributed by atoms with Gasteiger partial charge >= 0.3 is 0 Å². The van der Waals surface area contributed by atoms with Crippen LogP contribution in [-0.4, -0.2) is 5.11 Å². The highest BCUT2D eigenvalue weighted by Gasteiger charge is 2.07. The average Bonchev–Trinajstić information content (AvgIpc) is 2.93. The first kappa shape index (κ1) is 10.7. The molecule has 2 heteroatoms. The smallest absolute Gasteiger partial charge is 0.289 e. The Morgan fingerprint density at radius 2 is 1.61 bits per heavy atom. The summed E-state index contributed by atoms with van der Waals surface area (Å²) in [6, 6.07) is 13.7. The second-order valence-electron chi connectivity index (χ2n) is 4.06. The first-order valence-corrected chi connectivity index (χ1v) is 5.78. The molecular weight excluding hydrogens is 224 g/mol. The second kappa shape index (κ2) is 4.41. The number of hydrogen-bond acceptors (Lipinski definition) is 2. The normalized spacial score (nSPS) is 13.2. The molecule has 2 nitrogen and oxygen atoms in total. The number of hydrogen-bond donors (Lipinski definition) is 1. The van der Waals surface area contributed by atoms with Crippen molar-refractivity contribution in [3.63, 3.8) is 0 Å². The van der Waals surface area contributed by atoms with E-state index in [0.717, 1.165) is 10.8 Å². The lowest BCUT2D eigenvalue weighted by molar-refractivity contribution is 0.207. The Labute approximate surface area is 105 Å². The fourth-order valence-corrected chi connectivity index (χ4v) is 1.96. The van der Waals surface area contributed by atoms with E-state index in [-0.39, 0.29) is 5.95 Å². The summed E-state index contributed by atoms with van der Waals surface area (Å²) in [6.45, 7) is 0. The summed E-state index contributed by atoms with van der Waals surface area (Å²) in [4.78, 5) is 0. The van der Waals surface area contributed by atoms with E-state index in [2.05, 4.69) is 0 Å². The Morgan fingerprint density at radius 3 is 2.44 bits per heavy atom. The molecule has 1 aliphatic carbocycles. The van der Waals surface area contributed by atoms with Gasteiger partial charge in [-0.2, -0.15) is 0 Å². The standard InChI is InChI=1S/C16H12O2/c17-16(13-7-1-2-8-13)18-15-11-5-9-12-6-3-4-10-14(12)15/h1-11,17H. The number of aliphatic hydroxyl groups is 1. The van der Waals surface area contributed by atoms with Crippen LogP contribution in [0.3, 0.4) is 0 Å². The molecular formula is C16H12O2. The maximum absolute atomic E-state index is 9.92. The van der Waals surface area contributed by atoms with Crippen molar-refractivity contribution < 1.29 is 9.84 Å². The molecule has 2 aromatic carbocycles. The third kappa shape index (κ3) is 1.89. The van der Waals surface area contributed by atoms with Crippen LogP contribution in [0.25, 0.3) is 10.8 Å². The summed E-state index contributed by atoms with van der Waals surface area (Å²) in [5.74, 6) is 0.586. The number of fused-ring (bicyclic) bond motifs is 1. The van der Waals surface area contributed by atoms with Crippen LogP contribution in [0.5, 0.6) is 5.75 Å². The molecule has 0 aliphatic heterocycles. The Kier molecular flexibility index (Phi) is 2.61. The van der Waals surface area contributed by atoms with Gasteiger partial charge < -0.3 is 9.84 Å². The summed E-state index contributed by atoms with van der Waals surface area (Å²) in [5, 5.41) is 12.0. The molecule has 0 bridgehead atoms. The van der Waals surface area contributed by atoms with Crippen molar-refractivity contribution in [2.75, 3.05) is 0 Å². The minimum Gasteiger partial charge on any atom is -0.480 e. The topological polar surface area (TPSA) is 29.5 Å². The summed E-state index contributed by atoms with van der Waals surface area (Å²) in [7, 11) is 0. The highest BCUT2D eigenvalue weighted by atomic mass is 16.6. The zero-order chi connectivity index (χ0) is 12.4. The molecule has 0 aromatic heterocycles. The zero-order valence-electron chi connectivity index (χ0n) is 9.71. The van der Waals surface area contributed by atoms with Gasteiger partial charge in [0.05, 0.1) is 5.57 Å². The summed E-state index contributed by atoms with van der Waals surface area (Å²) in [6.07, 6.45) is 7.33. The lowest BCUT2D eigenvalue weighted by atomic mass is 10.1. The number of allylic oxidation sites excluding steroid dienone is 5. The fraction of sp³-hybridized carbons (Fsp3) is 0. The molecule has 0 atom stereocenters. The highest BCUT2D eigenvalue weighted by molar-refractivity contribution is 5.88. The predicted octanol–water partition coefficient (Wildman–Crippen LogP) is 4.11. The van der Waals surface area contributed by atoms with Crippen molar-refractivity contribution in [1.29, 1.82) is 0 Å². The molecule has 0 spiro atoms. The van der Waals surface area contributed by atoms with Crippen molar-refractivity contribution in [2.24, 2.45) is 0 Å². The molecule has 0 amide bonds. The van der Waals surface area contributed by atoms with Crippen molar-refractivity contribution >= 4 is 10.8 Å². The SMILES string of the molecule is OC(Oc1cccc2ccccc12)=C1C=CC=C1. The first-order chi connectivity index (χ1) is 8.84. The van der Waals surface area contributed by atoms with E-state index in [0.29, 0.717) is 11.3 Å². The Balaban J connectivity index is 2.03. The molecule has 18 heavy (non-hydrogen) atoms. The maximum Gasteiger partial charge on any atom is 0.289 e. The molecule has 2 aromatic rings. The monoisotopic (exact) mass is 236 g/mol. The van der Waals surface area contributed by atoms with E-state index in [1.54, 1.807) is 12.2 Å². The van der Waals surface area contributed by atoms with Crippen LogP contribution in [0.2, 0.25) is 0 Å².